The molecule has 3 N–H and O–H groups in total. The summed E-state index contributed by atoms with van der Waals surface area (Å²) in [5.41, 5.74) is 0.986. The van der Waals surface area contributed by atoms with E-state index in [1.165, 1.54) is 4.90 Å². The Hall–Kier alpha value is -2.47. The van der Waals surface area contributed by atoms with Gasteiger partial charge in [-0.25, -0.2) is 4.79 Å². The number of nitrogens with one attached hydrogen (secondary N) is 3. The predicted octanol–water partition coefficient (Wildman–Crippen LogP) is 4.91. The molecule has 0 aliphatic rings. The maximum atomic E-state index is 12.2. The minimum Gasteiger partial charge on any atom is -0.347 e. The molecular formula is C22H29N3O2S. The van der Waals surface area contributed by atoms with Crippen molar-refractivity contribution in [2.75, 3.05) is 17.6 Å². The number of benzene rings is 2. The van der Waals surface area contributed by atoms with Crippen LogP contribution in [0.25, 0.3) is 0 Å². The lowest BCUT2D eigenvalue weighted by molar-refractivity contribution is 0.0911. The summed E-state index contributed by atoms with van der Waals surface area (Å²) in [7, 11) is 0. The summed E-state index contributed by atoms with van der Waals surface area (Å²) in [6.45, 7) is 6.62. The Labute approximate surface area is 171 Å². The first-order valence-corrected chi connectivity index (χ1v) is 10.5. The van der Waals surface area contributed by atoms with Gasteiger partial charge in [-0.1, -0.05) is 25.1 Å². The number of rotatable bonds is 9. The molecule has 0 fully saturated rings. The molecule has 0 saturated heterocycles. The van der Waals surface area contributed by atoms with E-state index in [9.17, 15) is 9.59 Å². The molecule has 0 atom stereocenters. The molecule has 2 aromatic carbocycles. The summed E-state index contributed by atoms with van der Waals surface area (Å²) >= 11 is 1.78. The van der Waals surface area contributed by atoms with Crippen LogP contribution < -0.4 is 16.0 Å². The van der Waals surface area contributed by atoms with Crippen LogP contribution in [-0.4, -0.2) is 29.8 Å². The fourth-order valence-corrected chi connectivity index (χ4v) is 3.20. The Morgan fingerprint density at radius 3 is 2.32 bits per heavy atom. The molecular weight excluding hydrogens is 370 g/mol. The minimum absolute atomic E-state index is 0.112. The van der Waals surface area contributed by atoms with Crippen LogP contribution in [0.15, 0.2) is 59.5 Å². The number of hydrogen-bond donors (Lipinski definition) is 3. The van der Waals surface area contributed by atoms with Crippen molar-refractivity contribution < 1.29 is 9.59 Å². The van der Waals surface area contributed by atoms with E-state index in [4.69, 9.17) is 0 Å². The maximum absolute atomic E-state index is 12.2. The van der Waals surface area contributed by atoms with Gasteiger partial charge in [-0.3, -0.25) is 4.79 Å². The molecule has 0 bridgehead atoms. The summed E-state index contributed by atoms with van der Waals surface area (Å²) in [6.07, 6.45) is 1.74. The summed E-state index contributed by atoms with van der Waals surface area (Å²) < 4.78 is 0. The fraction of sp³-hybridized carbons (Fsp3) is 0.364. The smallest absolute Gasteiger partial charge is 0.319 e. The van der Waals surface area contributed by atoms with Gasteiger partial charge in [0, 0.05) is 28.2 Å². The molecule has 0 heterocycles. The molecule has 6 heteroatoms. The predicted molar refractivity (Wildman–Crippen MR) is 117 cm³/mol. The van der Waals surface area contributed by atoms with Crippen LogP contribution in [-0.2, 0) is 0 Å². The highest BCUT2D eigenvalue weighted by Gasteiger charge is 2.18. The molecule has 5 nitrogen and oxygen atoms in total. The van der Waals surface area contributed by atoms with Gasteiger partial charge in [0.2, 0.25) is 0 Å². The van der Waals surface area contributed by atoms with Crippen molar-refractivity contribution >= 4 is 29.4 Å². The first-order valence-electron chi connectivity index (χ1n) is 9.55. The molecule has 150 valence electrons. The number of thioether (sulfide) groups is 1. The van der Waals surface area contributed by atoms with Crippen molar-refractivity contribution in [3.8, 4) is 0 Å². The van der Waals surface area contributed by atoms with Gasteiger partial charge in [0.25, 0.3) is 5.91 Å². The zero-order valence-electron chi connectivity index (χ0n) is 16.7. The average Bonchev–Trinajstić information content (AvgIpc) is 2.68. The molecule has 0 radical (unpaired) electrons. The summed E-state index contributed by atoms with van der Waals surface area (Å²) in [6, 6.07) is 16.9. The average molecular weight is 400 g/mol. The molecule has 2 aromatic rings. The Morgan fingerprint density at radius 2 is 1.68 bits per heavy atom. The van der Waals surface area contributed by atoms with Crippen LogP contribution in [0.1, 0.15) is 44.0 Å². The zero-order chi connectivity index (χ0) is 20.4. The van der Waals surface area contributed by atoms with E-state index < -0.39 is 0 Å². The molecule has 0 unspecified atom stereocenters. The van der Waals surface area contributed by atoms with Gasteiger partial charge in [0.15, 0.2) is 0 Å². The second-order valence-electron chi connectivity index (χ2n) is 7.16. The van der Waals surface area contributed by atoms with Crippen LogP contribution in [0.3, 0.4) is 0 Å². The Kier molecular flexibility index (Phi) is 8.39. The van der Waals surface area contributed by atoms with Crippen molar-refractivity contribution in [2.24, 2.45) is 0 Å². The Bertz CT molecular complexity index is 761. The highest BCUT2D eigenvalue weighted by Crippen LogP contribution is 2.17. The van der Waals surface area contributed by atoms with Gasteiger partial charge < -0.3 is 16.0 Å². The number of carbonyl (C=O) groups is 2. The lowest BCUT2D eigenvalue weighted by atomic mass is 10.0. The van der Waals surface area contributed by atoms with Gasteiger partial charge in [0.1, 0.15) is 0 Å². The van der Waals surface area contributed by atoms with Crippen LogP contribution in [0.4, 0.5) is 10.5 Å². The lowest BCUT2D eigenvalue weighted by Gasteiger charge is -2.24. The molecule has 2 rings (SSSR count). The fourth-order valence-electron chi connectivity index (χ4n) is 2.33. The third-order valence-electron chi connectivity index (χ3n) is 4.36. The van der Waals surface area contributed by atoms with Crippen molar-refractivity contribution in [3.63, 3.8) is 0 Å². The van der Waals surface area contributed by atoms with Crippen molar-refractivity contribution in [2.45, 2.75) is 44.0 Å². The van der Waals surface area contributed by atoms with E-state index in [-0.39, 0.29) is 17.5 Å². The standard InChI is InChI=1S/C22H29N3O2S/c1-4-22(2,3)25-20(26)17-11-13-18(14-12-17)24-21(27)23-15-8-16-28-19-9-6-5-7-10-19/h5-7,9-14H,4,8,15-16H2,1-3H3,(H,25,26)(H2,23,24,27). The van der Waals surface area contributed by atoms with Gasteiger partial charge >= 0.3 is 6.03 Å². The molecule has 0 aliphatic carbocycles. The number of carbonyl (C=O) groups excluding carboxylic acids is 2. The number of urea groups is 1. The molecule has 0 aliphatic heterocycles. The second-order valence-corrected chi connectivity index (χ2v) is 8.33. The SMILES string of the molecule is CCC(C)(C)NC(=O)c1ccc(NC(=O)NCCCSc2ccccc2)cc1. The van der Waals surface area contributed by atoms with Crippen LogP contribution >= 0.6 is 11.8 Å². The van der Waals surface area contributed by atoms with E-state index in [0.29, 0.717) is 17.8 Å². The molecule has 3 amide bonds. The highest BCUT2D eigenvalue weighted by atomic mass is 32.2. The normalized spacial score (nSPS) is 11.0. The zero-order valence-corrected chi connectivity index (χ0v) is 17.6. The largest absolute Gasteiger partial charge is 0.347 e. The van der Waals surface area contributed by atoms with E-state index in [0.717, 1.165) is 18.6 Å². The Morgan fingerprint density at radius 1 is 1.00 bits per heavy atom. The van der Waals surface area contributed by atoms with E-state index in [1.54, 1.807) is 36.0 Å². The van der Waals surface area contributed by atoms with Crippen molar-refractivity contribution in [1.82, 2.24) is 10.6 Å². The third-order valence-corrected chi connectivity index (χ3v) is 5.46. The van der Waals surface area contributed by atoms with Crippen LogP contribution in [0.5, 0.6) is 0 Å². The molecule has 28 heavy (non-hydrogen) atoms. The lowest BCUT2D eigenvalue weighted by Crippen LogP contribution is -2.42. The Balaban J connectivity index is 1.70. The number of hydrogen-bond acceptors (Lipinski definition) is 3. The van der Waals surface area contributed by atoms with E-state index in [2.05, 4.69) is 28.1 Å². The van der Waals surface area contributed by atoms with Gasteiger partial charge in [-0.05, 0) is 68.8 Å². The van der Waals surface area contributed by atoms with Crippen LogP contribution in [0.2, 0.25) is 0 Å². The topological polar surface area (TPSA) is 70.2 Å². The van der Waals surface area contributed by atoms with E-state index >= 15 is 0 Å². The van der Waals surface area contributed by atoms with Gasteiger partial charge in [0.05, 0.1) is 0 Å². The second kappa shape index (κ2) is 10.8. The summed E-state index contributed by atoms with van der Waals surface area (Å²) in [5.74, 6) is 0.834. The quantitative estimate of drug-likeness (QED) is 0.414. The van der Waals surface area contributed by atoms with Gasteiger partial charge in [-0.2, -0.15) is 0 Å². The van der Waals surface area contributed by atoms with Gasteiger partial charge in [-0.15, -0.1) is 11.8 Å². The van der Waals surface area contributed by atoms with Crippen LogP contribution in [0, 0.1) is 0 Å². The first-order chi connectivity index (χ1) is 13.4. The van der Waals surface area contributed by atoms with E-state index in [1.807, 2.05) is 39.0 Å². The minimum atomic E-state index is -0.243. The highest BCUT2D eigenvalue weighted by molar-refractivity contribution is 7.99. The third kappa shape index (κ3) is 7.64. The summed E-state index contributed by atoms with van der Waals surface area (Å²) in [5, 5.41) is 8.63. The molecule has 0 saturated carbocycles. The first kappa shape index (κ1) is 21.8. The number of amides is 3. The van der Waals surface area contributed by atoms with Crippen molar-refractivity contribution in [1.29, 1.82) is 0 Å². The van der Waals surface area contributed by atoms with Crippen molar-refractivity contribution in [3.05, 3.63) is 60.2 Å². The molecule has 0 aromatic heterocycles. The molecule has 0 spiro atoms. The monoisotopic (exact) mass is 399 g/mol. The number of anilines is 1. The summed E-state index contributed by atoms with van der Waals surface area (Å²) in [4.78, 5) is 25.5. The maximum Gasteiger partial charge on any atom is 0.319 e.